The molecule has 1 atom stereocenters. The first-order valence-corrected chi connectivity index (χ1v) is 9.84. The van der Waals surface area contributed by atoms with E-state index in [1.54, 1.807) is 36.7 Å². The molecule has 7 nitrogen and oxygen atoms in total. The predicted molar refractivity (Wildman–Crippen MR) is 103 cm³/mol. The highest BCUT2D eigenvalue weighted by Gasteiger charge is 2.68. The fraction of sp³-hybridized carbons (Fsp3) is 0.409. The molecule has 1 N–H and O–H groups in total. The topological polar surface area (TPSA) is 86.8 Å². The number of halogens is 1. The van der Waals surface area contributed by atoms with Crippen LogP contribution in [0.25, 0.3) is 0 Å². The molecule has 3 fully saturated rings. The third-order valence-corrected chi connectivity index (χ3v) is 5.93. The molecule has 30 heavy (non-hydrogen) atoms. The molecule has 3 saturated carbocycles. The van der Waals surface area contributed by atoms with E-state index in [2.05, 4.69) is 10.3 Å². The summed E-state index contributed by atoms with van der Waals surface area (Å²) in [4.78, 5) is 28.6. The second kappa shape index (κ2) is 6.42. The van der Waals surface area contributed by atoms with Crippen molar-refractivity contribution < 1.29 is 28.2 Å². The van der Waals surface area contributed by atoms with Gasteiger partial charge in [-0.2, -0.15) is 4.39 Å². The highest BCUT2D eigenvalue weighted by atomic mass is 19.2. The summed E-state index contributed by atoms with van der Waals surface area (Å²) in [5.74, 6) is 0.856. The summed E-state index contributed by atoms with van der Waals surface area (Å²) in [5.41, 5.74) is 0.374. The smallest absolute Gasteiger partial charge is 0.404 e. The van der Waals surface area contributed by atoms with Crippen molar-refractivity contribution in [1.29, 1.82) is 0 Å². The molecule has 6 rings (SSSR count). The second-order valence-electron chi connectivity index (χ2n) is 8.65. The van der Waals surface area contributed by atoms with Gasteiger partial charge >= 0.3 is 6.04 Å². The first-order valence-electron chi connectivity index (χ1n) is 9.84. The van der Waals surface area contributed by atoms with Gasteiger partial charge in [-0.15, -0.1) is 0 Å². The van der Waals surface area contributed by atoms with Gasteiger partial charge in [0.2, 0.25) is 0 Å². The van der Waals surface area contributed by atoms with Gasteiger partial charge < -0.3 is 19.5 Å². The molecular formula is C22H21FN2O5. The summed E-state index contributed by atoms with van der Waals surface area (Å²) in [7, 11) is 0. The van der Waals surface area contributed by atoms with Gasteiger partial charge in [0.15, 0.2) is 17.3 Å². The lowest BCUT2D eigenvalue weighted by atomic mass is 9.38. The summed E-state index contributed by atoms with van der Waals surface area (Å²) in [6.45, 7) is 1.11. The number of carbonyl (C=O) groups is 2. The number of carbonyl (C=O) groups excluding carboxylic acids is 2. The van der Waals surface area contributed by atoms with Crippen molar-refractivity contribution in [1.82, 2.24) is 10.3 Å². The Labute approximate surface area is 172 Å². The van der Waals surface area contributed by atoms with Crippen molar-refractivity contribution in [3.8, 4) is 17.2 Å². The molecule has 1 aromatic heterocycles. The number of nitrogens with one attached hydrogen (secondary N) is 1. The average molecular weight is 412 g/mol. The summed E-state index contributed by atoms with van der Waals surface area (Å²) in [6.07, 6.45) is 6.03. The quantitative estimate of drug-likeness (QED) is 0.752. The molecule has 2 heterocycles. The average Bonchev–Trinajstić information content (AvgIpc) is 2.97. The van der Waals surface area contributed by atoms with Crippen LogP contribution in [0.1, 0.15) is 43.0 Å². The predicted octanol–water partition coefficient (Wildman–Crippen LogP) is 3.19. The summed E-state index contributed by atoms with van der Waals surface area (Å²) in [6, 6.07) is 5.85. The Kier molecular flexibility index (Phi) is 4.03. The van der Waals surface area contributed by atoms with Gasteiger partial charge in [0, 0.05) is 42.9 Å². The van der Waals surface area contributed by atoms with E-state index in [4.69, 9.17) is 14.2 Å². The zero-order chi connectivity index (χ0) is 21.0. The third kappa shape index (κ3) is 3.36. The van der Waals surface area contributed by atoms with Gasteiger partial charge in [0.25, 0.3) is 5.91 Å². The molecule has 0 radical (unpaired) electrons. The number of pyridine rings is 1. The van der Waals surface area contributed by atoms with Crippen molar-refractivity contribution in [3.63, 3.8) is 0 Å². The molecule has 1 aliphatic heterocycles. The highest BCUT2D eigenvalue weighted by Crippen LogP contribution is 2.69. The Hall–Kier alpha value is -3.16. The molecule has 1 amide bonds. The van der Waals surface area contributed by atoms with Crippen LogP contribution in [0.3, 0.4) is 0 Å². The Bertz CT molecular complexity index is 1000. The van der Waals surface area contributed by atoms with Crippen molar-refractivity contribution in [2.24, 2.45) is 5.41 Å². The number of hydrogen-bond donors (Lipinski definition) is 1. The molecule has 4 aliphatic rings. The SMILES string of the molecule is CC1(F)Oc2ccc(OCC(=O)CC34CC(NC(=O)c5ccncc5)(C3)C4)cc2O1. The number of alkyl halides is 1. The molecule has 1 aromatic carbocycles. The standard InChI is InChI=1S/C22H21FN2O5/c1-20(23)29-17-3-2-16(8-18(17)30-20)28-10-15(26)9-21-11-22(12-21,13-21)25-19(27)14-4-6-24-7-5-14/h2-8H,9-13H2,1H3,(H,25,27). The normalized spacial score (nSPS) is 30.1. The lowest BCUT2D eigenvalue weighted by molar-refractivity contribution is -0.173. The van der Waals surface area contributed by atoms with Gasteiger partial charge in [-0.05, 0) is 48.9 Å². The first-order chi connectivity index (χ1) is 14.3. The summed E-state index contributed by atoms with van der Waals surface area (Å²) < 4.78 is 29.3. The summed E-state index contributed by atoms with van der Waals surface area (Å²) in [5, 5.41) is 3.10. The molecule has 156 valence electrons. The van der Waals surface area contributed by atoms with E-state index in [0.717, 1.165) is 19.3 Å². The van der Waals surface area contributed by atoms with E-state index in [0.29, 0.717) is 23.5 Å². The summed E-state index contributed by atoms with van der Waals surface area (Å²) >= 11 is 0. The first kappa shape index (κ1) is 18.8. The van der Waals surface area contributed by atoms with Crippen LogP contribution >= 0.6 is 0 Å². The molecular weight excluding hydrogens is 391 g/mol. The minimum atomic E-state index is -2.19. The van der Waals surface area contributed by atoms with Gasteiger partial charge in [-0.3, -0.25) is 14.6 Å². The monoisotopic (exact) mass is 412 g/mol. The Morgan fingerprint density at radius 3 is 2.57 bits per heavy atom. The highest BCUT2D eigenvalue weighted by molar-refractivity contribution is 5.95. The minimum Gasteiger partial charge on any atom is -0.486 e. The van der Waals surface area contributed by atoms with Crippen molar-refractivity contribution in [2.75, 3.05) is 6.61 Å². The largest absolute Gasteiger partial charge is 0.486 e. The number of ketones is 1. The number of Topliss-reactive ketones (excluding diaryl/α,β-unsaturated/α-hetero) is 1. The maximum absolute atomic E-state index is 13.7. The second-order valence-corrected chi connectivity index (χ2v) is 8.65. The third-order valence-electron chi connectivity index (χ3n) is 5.93. The van der Waals surface area contributed by atoms with E-state index in [-0.39, 0.29) is 35.0 Å². The molecule has 0 saturated heterocycles. The van der Waals surface area contributed by atoms with Crippen LogP contribution < -0.4 is 19.5 Å². The molecule has 2 bridgehead atoms. The van der Waals surface area contributed by atoms with Crippen molar-refractivity contribution in [2.45, 2.75) is 44.2 Å². The lowest BCUT2D eigenvalue weighted by Gasteiger charge is -2.70. The van der Waals surface area contributed by atoms with Crippen LogP contribution in [0.2, 0.25) is 0 Å². The lowest BCUT2D eigenvalue weighted by Crippen LogP contribution is -2.75. The van der Waals surface area contributed by atoms with E-state index in [1.807, 2.05) is 0 Å². The number of aromatic nitrogens is 1. The number of nitrogens with zero attached hydrogens (tertiary/aromatic N) is 1. The van der Waals surface area contributed by atoms with Crippen LogP contribution in [0, 0.1) is 5.41 Å². The van der Waals surface area contributed by atoms with Gasteiger partial charge in [-0.1, -0.05) is 0 Å². The maximum atomic E-state index is 13.7. The molecule has 8 heteroatoms. The Morgan fingerprint density at radius 1 is 1.13 bits per heavy atom. The van der Waals surface area contributed by atoms with E-state index >= 15 is 0 Å². The van der Waals surface area contributed by atoms with Crippen LogP contribution in [0.5, 0.6) is 17.2 Å². The fourth-order valence-electron chi connectivity index (χ4n) is 4.92. The minimum absolute atomic E-state index is 0.00300. The molecule has 1 unspecified atom stereocenters. The fourth-order valence-corrected chi connectivity index (χ4v) is 4.92. The van der Waals surface area contributed by atoms with E-state index in [1.165, 1.54) is 13.0 Å². The van der Waals surface area contributed by atoms with Crippen LogP contribution in [0.15, 0.2) is 42.7 Å². The number of ether oxygens (including phenoxy) is 3. The maximum Gasteiger partial charge on any atom is 0.404 e. The van der Waals surface area contributed by atoms with Crippen LogP contribution in [0.4, 0.5) is 4.39 Å². The van der Waals surface area contributed by atoms with Gasteiger partial charge in [-0.25, -0.2) is 0 Å². The number of hydrogen-bond acceptors (Lipinski definition) is 6. The van der Waals surface area contributed by atoms with Crippen molar-refractivity contribution >= 4 is 11.7 Å². The number of fused-ring (bicyclic) bond motifs is 1. The Balaban J connectivity index is 1.09. The molecule has 2 aromatic rings. The van der Waals surface area contributed by atoms with Crippen LogP contribution in [-0.2, 0) is 4.79 Å². The molecule has 0 spiro atoms. The van der Waals surface area contributed by atoms with E-state index < -0.39 is 6.04 Å². The van der Waals surface area contributed by atoms with Gasteiger partial charge in [0.05, 0.1) is 0 Å². The number of rotatable bonds is 7. The Morgan fingerprint density at radius 2 is 1.83 bits per heavy atom. The zero-order valence-electron chi connectivity index (χ0n) is 16.4. The molecule has 3 aliphatic carbocycles. The van der Waals surface area contributed by atoms with Crippen LogP contribution in [-0.4, -0.2) is 34.9 Å². The van der Waals surface area contributed by atoms with Gasteiger partial charge in [0.1, 0.15) is 12.4 Å². The van der Waals surface area contributed by atoms with Crippen molar-refractivity contribution in [3.05, 3.63) is 48.3 Å². The van der Waals surface area contributed by atoms with E-state index in [9.17, 15) is 14.0 Å². The number of benzene rings is 1. The zero-order valence-corrected chi connectivity index (χ0v) is 16.4. The number of amides is 1.